The van der Waals surface area contributed by atoms with E-state index in [1.807, 2.05) is 13.8 Å². The van der Waals surface area contributed by atoms with Crippen LogP contribution in [0.2, 0.25) is 0 Å². The number of nitro benzene ring substituents is 1. The normalized spacial score (nSPS) is 19.6. The maximum absolute atomic E-state index is 12.5. The monoisotopic (exact) mass is 370 g/mol. The van der Waals surface area contributed by atoms with Gasteiger partial charge in [-0.15, -0.1) is 0 Å². The molecule has 1 fully saturated rings. The van der Waals surface area contributed by atoms with E-state index < -0.39 is 4.92 Å². The van der Waals surface area contributed by atoms with Crippen molar-refractivity contribution in [1.82, 2.24) is 4.98 Å². The van der Waals surface area contributed by atoms with Gasteiger partial charge in [0.1, 0.15) is 5.82 Å². The maximum atomic E-state index is 12.5. The number of carbonyl (C=O) groups excluding carboxylic acids is 1. The van der Waals surface area contributed by atoms with Crippen LogP contribution in [0.1, 0.15) is 29.8 Å². The van der Waals surface area contributed by atoms with E-state index in [-0.39, 0.29) is 23.8 Å². The van der Waals surface area contributed by atoms with Gasteiger partial charge in [-0.3, -0.25) is 14.9 Å². The van der Waals surface area contributed by atoms with Crippen molar-refractivity contribution in [2.24, 2.45) is 0 Å². The largest absolute Gasteiger partial charge is 0.372 e. The predicted octanol–water partition coefficient (Wildman–Crippen LogP) is 3.16. The lowest BCUT2D eigenvalue weighted by molar-refractivity contribution is -0.385. The molecule has 3 rings (SSSR count). The van der Waals surface area contributed by atoms with Gasteiger partial charge in [0.05, 0.1) is 33.9 Å². The summed E-state index contributed by atoms with van der Waals surface area (Å²) < 4.78 is 5.72. The fourth-order valence-electron chi connectivity index (χ4n) is 3.22. The molecule has 1 aromatic heterocycles. The number of pyridine rings is 1. The van der Waals surface area contributed by atoms with E-state index in [1.165, 1.54) is 12.3 Å². The number of amides is 1. The van der Waals surface area contributed by atoms with Gasteiger partial charge >= 0.3 is 0 Å². The number of nitro groups is 1. The number of aromatic nitrogens is 1. The second-order valence-electron chi connectivity index (χ2n) is 6.73. The molecule has 1 saturated heterocycles. The summed E-state index contributed by atoms with van der Waals surface area (Å²) in [6, 6.07) is 8.10. The van der Waals surface area contributed by atoms with Crippen molar-refractivity contribution in [3.05, 3.63) is 57.8 Å². The number of rotatable bonds is 4. The fourth-order valence-corrected chi connectivity index (χ4v) is 3.22. The van der Waals surface area contributed by atoms with Gasteiger partial charge in [0, 0.05) is 25.4 Å². The van der Waals surface area contributed by atoms with E-state index in [0.29, 0.717) is 16.8 Å². The second-order valence-corrected chi connectivity index (χ2v) is 6.73. The van der Waals surface area contributed by atoms with Gasteiger partial charge in [-0.05, 0) is 39.0 Å². The van der Waals surface area contributed by atoms with Crippen molar-refractivity contribution in [2.45, 2.75) is 33.0 Å². The molecule has 1 amide bonds. The Bertz CT molecular complexity index is 843. The molecule has 2 aromatic rings. The molecule has 0 bridgehead atoms. The molecule has 1 aromatic carbocycles. The molecule has 1 aliphatic rings. The zero-order chi connectivity index (χ0) is 19.6. The molecule has 0 spiro atoms. The molecule has 0 unspecified atom stereocenters. The van der Waals surface area contributed by atoms with Crippen LogP contribution in [0.25, 0.3) is 0 Å². The highest BCUT2D eigenvalue weighted by atomic mass is 16.6. The number of hydrogen-bond acceptors (Lipinski definition) is 6. The van der Waals surface area contributed by atoms with Crippen LogP contribution < -0.4 is 10.2 Å². The van der Waals surface area contributed by atoms with Crippen LogP contribution in [0.3, 0.4) is 0 Å². The van der Waals surface area contributed by atoms with E-state index in [2.05, 4.69) is 15.2 Å². The summed E-state index contributed by atoms with van der Waals surface area (Å²) in [5.74, 6) is 0.432. The zero-order valence-corrected chi connectivity index (χ0v) is 15.5. The van der Waals surface area contributed by atoms with Crippen LogP contribution in [-0.2, 0) is 4.74 Å². The molecule has 1 aliphatic heterocycles. The number of carbonyl (C=O) groups is 1. The molecule has 1 N–H and O–H groups in total. The molecular weight excluding hydrogens is 348 g/mol. The molecule has 0 aliphatic carbocycles. The van der Waals surface area contributed by atoms with Gasteiger partial charge in [-0.1, -0.05) is 6.07 Å². The molecule has 0 saturated carbocycles. The van der Waals surface area contributed by atoms with E-state index in [4.69, 9.17) is 4.74 Å². The molecular formula is C19H22N4O4. The number of morpholine rings is 1. The number of hydrogen-bond donors (Lipinski definition) is 1. The molecule has 0 radical (unpaired) electrons. The first-order valence-corrected chi connectivity index (χ1v) is 8.77. The molecule has 8 nitrogen and oxygen atoms in total. The van der Waals surface area contributed by atoms with Gasteiger partial charge in [0.15, 0.2) is 0 Å². The van der Waals surface area contributed by atoms with Crippen LogP contribution in [0, 0.1) is 17.0 Å². The first-order valence-electron chi connectivity index (χ1n) is 8.77. The molecule has 8 heteroatoms. The minimum Gasteiger partial charge on any atom is -0.372 e. The van der Waals surface area contributed by atoms with Crippen molar-refractivity contribution in [1.29, 1.82) is 0 Å². The van der Waals surface area contributed by atoms with Crippen molar-refractivity contribution in [2.75, 3.05) is 23.3 Å². The fraction of sp³-hybridized carbons (Fsp3) is 0.368. The van der Waals surface area contributed by atoms with Gasteiger partial charge < -0.3 is 15.0 Å². The second kappa shape index (κ2) is 7.71. The Labute approximate surface area is 157 Å². The minimum absolute atomic E-state index is 0.0307. The third-order valence-corrected chi connectivity index (χ3v) is 4.50. The Morgan fingerprint density at radius 2 is 1.96 bits per heavy atom. The van der Waals surface area contributed by atoms with Gasteiger partial charge in [0.25, 0.3) is 11.6 Å². The summed E-state index contributed by atoms with van der Waals surface area (Å²) in [5, 5.41) is 13.8. The first kappa shape index (κ1) is 18.8. The molecule has 27 heavy (non-hydrogen) atoms. The van der Waals surface area contributed by atoms with Crippen LogP contribution in [0.15, 0.2) is 36.5 Å². The number of benzene rings is 1. The molecule has 142 valence electrons. The molecule has 2 atom stereocenters. The van der Waals surface area contributed by atoms with Gasteiger partial charge in [0.2, 0.25) is 0 Å². The number of nitrogens with one attached hydrogen (secondary N) is 1. The summed E-state index contributed by atoms with van der Waals surface area (Å²) in [6.45, 7) is 7.14. The van der Waals surface area contributed by atoms with Crippen molar-refractivity contribution < 1.29 is 14.5 Å². The maximum Gasteiger partial charge on any atom is 0.274 e. The first-order chi connectivity index (χ1) is 12.8. The van der Waals surface area contributed by atoms with E-state index in [9.17, 15) is 14.9 Å². The van der Waals surface area contributed by atoms with Crippen LogP contribution in [0.4, 0.5) is 17.2 Å². The standard InChI is InChI=1S/C19H22N4O4/c1-12-10-22(11-13(2)27-12)18-8-7-15(9-20-18)19(24)21-16-5-4-6-17(14(16)3)23(25)26/h4-9,12-13H,10-11H2,1-3H3,(H,21,24)/t12-,13+. The number of anilines is 2. The smallest absolute Gasteiger partial charge is 0.274 e. The lowest BCUT2D eigenvalue weighted by Gasteiger charge is -2.36. The van der Waals surface area contributed by atoms with Crippen molar-refractivity contribution in [3.63, 3.8) is 0 Å². The lowest BCUT2D eigenvalue weighted by Crippen LogP contribution is -2.45. The Balaban J connectivity index is 1.73. The third kappa shape index (κ3) is 4.22. The Kier molecular flexibility index (Phi) is 5.36. The quantitative estimate of drug-likeness (QED) is 0.656. The highest BCUT2D eigenvalue weighted by Crippen LogP contribution is 2.25. The Morgan fingerprint density at radius 1 is 1.26 bits per heavy atom. The zero-order valence-electron chi connectivity index (χ0n) is 15.5. The number of ether oxygens (including phenoxy) is 1. The summed E-state index contributed by atoms with van der Waals surface area (Å²) in [5.41, 5.74) is 1.18. The average Bonchev–Trinajstić information content (AvgIpc) is 2.62. The van der Waals surface area contributed by atoms with Crippen LogP contribution in [0.5, 0.6) is 0 Å². The Hall–Kier alpha value is -3.00. The summed E-state index contributed by atoms with van der Waals surface area (Å²) in [7, 11) is 0. The highest BCUT2D eigenvalue weighted by molar-refractivity contribution is 6.04. The summed E-state index contributed by atoms with van der Waals surface area (Å²) >= 11 is 0. The SMILES string of the molecule is Cc1c(NC(=O)c2ccc(N3C[C@@H](C)O[C@@H](C)C3)nc2)cccc1[N+](=O)[O-]. The van der Waals surface area contributed by atoms with E-state index in [1.54, 1.807) is 31.2 Å². The van der Waals surface area contributed by atoms with Crippen LogP contribution >= 0.6 is 0 Å². The highest BCUT2D eigenvalue weighted by Gasteiger charge is 2.23. The topological polar surface area (TPSA) is 97.6 Å². The molecule has 2 heterocycles. The summed E-state index contributed by atoms with van der Waals surface area (Å²) in [4.78, 5) is 29.6. The minimum atomic E-state index is -0.467. The summed E-state index contributed by atoms with van der Waals surface area (Å²) in [6.07, 6.45) is 1.76. The van der Waals surface area contributed by atoms with Gasteiger partial charge in [-0.2, -0.15) is 0 Å². The van der Waals surface area contributed by atoms with Gasteiger partial charge in [-0.25, -0.2) is 4.98 Å². The van der Waals surface area contributed by atoms with E-state index >= 15 is 0 Å². The van der Waals surface area contributed by atoms with Crippen molar-refractivity contribution >= 4 is 23.1 Å². The van der Waals surface area contributed by atoms with E-state index in [0.717, 1.165) is 18.9 Å². The van der Waals surface area contributed by atoms with Crippen LogP contribution in [-0.4, -0.2) is 41.1 Å². The average molecular weight is 370 g/mol. The number of nitrogens with zero attached hydrogens (tertiary/aromatic N) is 3. The predicted molar refractivity (Wildman–Crippen MR) is 102 cm³/mol. The third-order valence-electron chi connectivity index (χ3n) is 4.50. The Morgan fingerprint density at radius 3 is 2.56 bits per heavy atom. The van der Waals surface area contributed by atoms with Crippen molar-refractivity contribution in [3.8, 4) is 0 Å². The lowest BCUT2D eigenvalue weighted by atomic mass is 10.1.